The maximum absolute atomic E-state index is 12.1. The highest BCUT2D eigenvalue weighted by Gasteiger charge is 2.11. The zero-order valence-electron chi connectivity index (χ0n) is 11.6. The van der Waals surface area contributed by atoms with Crippen LogP contribution >= 0.6 is 11.3 Å². The standard InChI is InChI=1S/C14H9N3O3S/c18-13(9-5-7-10(8-6-9)17(19)20)16-14-15-11-3-1-2-4-12(11)21-14/h1-8H,(H,15,16,18)/i7D. The second kappa shape index (κ2) is 5.29. The number of thiazole rings is 1. The van der Waals surface area contributed by atoms with Gasteiger partial charge < -0.3 is 0 Å². The predicted molar refractivity (Wildman–Crippen MR) is 80.7 cm³/mol. The Labute approximate surface area is 124 Å². The molecule has 1 heterocycles. The highest BCUT2D eigenvalue weighted by Crippen LogP contribution is 2.25. The Kier molecular flexibility index (Phi) is 3.02. The summed E-state index contributed by atoms with van der Waals surface area (Å²) in [6.07, 6.45) is 0. The van der Waals surface area contributed by atoms with E-state index in [2.05, 4.69) is 10.3 Å². The molecule has 1 N–H and O–H groups in total. The first-order valence-corrected chi connectivity index (χ1v) is 6.78. The molecular weight excluding hydrogens is 290 g/mol. The van der Waals surface area contributed by atoms with Gasteiger partial charge in [0.05, 0.1) is 16.5 Å². The normalized spacial score (nSPS) is 11.1. The average molecular weight is 300 g/mol. The minimum absolute atomic E-state index is 0.176. The summed E-state index contributed by atoms with van der Waals surface area (Å²) in [4.78, 5) is 26.4. The summed E-state index contributed by atoms with van der Waals surface area (Å²) in [6.45, 7) is 0. The smallest absolute Gasteiger partial charge is 0.269 e. The van der Waals surface area contributed by atoms with E-state index in [4.69, 9.17) is 1.37 Å². The van der Waals surface area contributed by atoms with Crippen LogP contribution in [0.3, 0.4) is 0 Å². The Hall–Kier alpha value is -2.80. The van der Waals surface area contributed by atoms with Crippen molar-refractivity contribution in [1.82, 2.24) is 4.98 Å². The molecule has 3 aromatic rings. The molecule has 2 aromatic carbocycles. The first-order valence-electron chi connectivity index (χ1n) is 6.46. The lowest BCUT2D eigenvalue weighted by molar-refractivity contribution is -0.384. The van der Waals surface area contributed by atoms with E-state index in [9.17, 15) is 14.9 Å². The van der Waals surface area contributed by atoms with Crippen molar-refractivity contribution in [1.29, 1.82) is 0 Å². The van der Waals surface area contributed by atoms with Gasteiger partial charge in [-0.15, -0.1) is 0 Å². The maximum Gasteiger partial charge on any atom is 0.269 e. The third-order valence-corrected chi connectivity index (χ3v) is 3.72. The van der Waals surface area contributed by atoms with Crippen molar-refractivity contribution in [2.24, 2.45) is 0 Å². The Morgan fingerprint density at radius 2 is 2.10 bits per heavy atom. The zero-order chi connectivity index (χ0) is 15.7. The van der Waals surface area contributed by atoms with Crippen LogP contribution in [0.2, 0.25) is 0 Å². The first kappa shape index (κ1) is 12.0. The van der Waals surface area contributed by atoms with Gasteiger partial charge in [0, 0.05) is 17.7 Å². The molecule has 3 rings (SSSR count). The monoisotopic (exact) mass is 300 g/mol. The molecule has 0 bridgehead atoms. The van der Waals surface area contributed by atoms with E-state index >= 15 is 0 Å². The fourth-order valence-electron chi connectivity index (χ4n) is 1.77. The van der Waals surface area contributed by atoms with Crippen LogP contribution in [0.25, 0.3) is 10.2 Å². The third-order valence-electron chi connectivity index (χ3n) is 2.77. The van der Waals surface area contributed by atoms with Crippen molar-refractivity contribution in [2.75, 3.05) is 5.32 Å². The van der Waals surface area contributed by atoms with Crippen LogP contribution in [0.15, 0.2) is 48.5 Å². The lowest BCUT2D eigenvalue weighted by atomic mass is 10.2. The van der Waals surface area contributed by atoms with Gasteiger partial charge in [-0.1, -0.05) is 23.5 Å². The van der Waals surface area contributed by atoms with Gasteiger partial charge >= 0.3 is 0 Å². The van der Waals surface area contributed by atoms with E-state index in [1.807, 2.05) is 24.3 Å². The number of nitro groups is 1. The van der Waals surface area contributed by atoms with Gasteiger partial charge in [-0.3, -0.25) is 20.2 Å². The number of para-hydroxylation sites is 1. The van der Waals surface area contributed by atoms with Crippen molar-refractivity contribution < 1.29 is 11.1 Å². The molecule has 0 unspecified atom stereocenters. The van der Waals surface area contributed by atoms with Crippen LogP contribution < -0.4 is 5.32 Å². The fraction of sp³-hybridized carbons (Fsp3) is 0. The van der Waals surface area contributed by atoms with Gasteiger partial charge in [-0.2, -0.15) is 0 Å². The van der Waals surface area contributed by atoms with Crippen molar-refractivity contribution >= 4 is 38.3 Å². The van der Waals surface area contributed by atoms with Crippen LogP contribution in [-0.2, 0) is 0 Å². The molecule has 104 valence electrons. The lowest BCUT2D eigenvalue weighted by Gasteiger charge is -2.00. The van der Waals surface area contributed by atoms with Gasteiger partial charge in [0.25, 0.3) is 11.6 Å². The number of amides is 1. The van der Waals surface area contributed by atoms with Crippen molar-refractivity contribution in [3.63, 3.8) is 0 Å². The number of nitrogens with one attached hydrogen (secondary N) is 1. The highest BCUT2D eigenvalue weighted by molar-refractivity contribution is 7.22. The van der Waals surface area contributed by atoms with E-state index in [0.717, 1.165) is 16.3 Å². The van der Waals surface area contributed by atoms with Gasteiger partial charge in [-0.25, -0.2) is 4.98 Å². The lowest BCUT2D eigenvalue weighted by Crippen LogP contribution is -2.11. The number of hydrogen-bond acceptors (Lipinski definition) is 5. The number of fused-ring (bicyclic) bond motifs is 1. The molecule has 7 heteroatoms. The predicted octanol–water partition coefficient (Wildman–Crippen LogP) is 3.46. The van der Waals surface area contributed by atoms with Gasteiger partial charge in [0.1, 0.15) is 0 Å². The van der Waals surface area contributed by atoms with Gasteiger partial charge in [0.2, 0.25) is 0 Å². The van der Waals surface area contributed by atoms with E-state index in [1.165, 1.54) is 23.5 Å². The minimum Gasteiger partial charge on any atom is -0.298 e. The molecular formula is C14H9N3O3S. The molecule has 0 saturated heterocycles. The average Bonchev–Trinajstić information content (AvgIpc) is 2.88. The van der Waals surface area contributed by atoms with Crippen LogP contribution in [0.5, 0.6) is 0 Å². The molecule has 0 aliphatic carbocycles. The van der Waals surface area contributed by atoms with Crippen molar-refractivity contribution in [2.45, 2.75) is 0 Å². The summed E-state index contributed by atoms with van der Waals surface area (Å²) in [5, 5.41) is 13.7. The van der Waals surface area contributed by atoms with Crippen LogP contribution in [0.1, 0.15) is 11.7 Å². The van der Waals surface area contributed by atoms with Gasteiger partial charge in [-0.05, 0) is 24.3 Å². The fourth-order valence-corrected chi connectivity index (χ4v) is 2.63. The second-order valence-electron chi connectivity index (χ2n) is 4.16. The molecule has 1 aromatic heterocycles. The Morgan fingerprint density at radius 1 is 1.29 bits per heavy atom. The molecule has 0 spiro atoms. The van der Waals surface area contributed by atoms with E-state index in [0.29, 0.717) is 5.13 Å². The highest BCUT2D eigenvalue weighted by atomic mass is 32.1. The van der Waals surface area contributed by atoms with Crippen molar-refractivity contribution in [3.8, 4) is 0 Å². The summed E-state index contributed by atoms with van der Waals surface area (Å²) in [7, 11) is 0. The molecule has 1 amide bonds. The van der Waals surface area contributed by atoms with Crippen LogP contribution in [0.4, 0.5) is 10.8 Å². The molecule has 21 heavy (non-hydrogen) atoms. The number of anilines is 1. The largest absolute Gasteiger partial charge is 0.298 e. The Bertz CT molecular complexity index is 861. The summed E-state index contributed by atoms with van der Waals surface area (Å²) in [6, 6.07) is 10.8. The number of carbonyl (C=O) groups is 1. The maximum atomic E-state index is 12.1. The molecule has 0 atom stereocenters. The van der Waals surface area contributed by atoms with E-state index < -0.39 is 10.8 Å². The van der Waals surface area contributed by atoms with Gasteiger partial charge in [0.15, 0.2) is 5.13 Å². The van der Waals surface area contributed by atoms with Crippen molar-refractivity contribution in [3.05, 3.63) is 64.2 Å². The quantitative estimate of drug-likeness (QED) is 0.593. The summed E-state index contributed by atoms with van der Waals surface area (Å²) in [5.41, 5.74) is 0.624. The number of carbonyl (C=O) groups excluding carboxylic acids is 1. The summed E-state index contributed by atoms with van der Waals surface area (Å²) < 4.78 is 8.52. The van der Waals surface area contributed by atoms with E-state index in [1.54, 1.807) is 0 Å². The number of rotatable bonds is 3. The first-order chi connectivity index (χ1) is 10.5. The zero-order valence-corrected chi connectivity index (χ0v) is 11.4. The Morgan fingerprint density at radius 3 is 2.81 bits per heavy atom. The topological polar surface area (TPSA) is 85.1 Å². The number of nitrogens with zero attached hydrogens (tertiary/aromatic N) is 2. The Balaban J connectivity index is 1.85. The summed E-state index contributed by atoms with van der Waals surface area (Å²) >= 11 is 1.33. The summed E-state index contributed by atoms with van der Waals surface area (Å²) in [5.74, 6) is -0.456. The molecule has 0 aliphatic rings. The number of nitro benzene ring substituents is 1. The van der Waals surface area contributed by atoms with Crippen LogP contribution in [0, 0.1) is 10.1 Å². The van der Waals surface area contributed by atoms with Crippen LogP contribution in [-0.4, -0.2) is 15.8 Å². The second-order valence-corrected chi connectivity index (χ2v) is 5.19. The molecule has 0 radical (unpaired) electrons. The van der Waals surface area contributed by atoms with E-state index in [-0.39, 0.29) is 17.3 Å². The molecule has 0 aliphatic heterocycles. The minimum atomic E-state index is -0.655. The number of hydrogen-bond donors (Lipinski definition) is 1. The third kappa shape index (κ3) is 2.72. The number of benzene rings is 2. The molecule has 0 fully saturated rings. The molecule has 0 saturated carbocycles. The molecule has 6 nitrogen and oxygen atoms in total. The SMILES string of the molecule is [2H]c1cc(C(=O)Nc2nc3ccccc3s2)ccc1[N+](=O)[O-]. The number of aromatic nitrogens is 1.